The number of nitrogens with zero attached hydrogens (tertiary/aromatic N) is 3. The number of amides is 1. The summed E-state index contributed by atoms with van der Waals surface area (Å²) in [6.07, 6.45) is 1.06. The lowest BCUT2D eigenvalue weighted by Gasteiger charge is -2.38. The molecule has 8 nitrogen and oxygen atoms in total. The van der Waals surface area contributed by atoms with Crippen LogP contribution in [0.25, 0.3) is 21.7 Å². The Kier molecular flexibility index (Phi) is 7.02. The molecular formula is C27H21F2N3O5S2. The third kappa shape index (κ3) is 5.05. The number of hydrogen-bond acceptors (Lipinski definition) is 6. The summed E-state index contributed by atoms with van der Waals surface area (Å²) in [7, 11) is -4.16. The minimum atomic E-state index is -4.16. The van der Waals surface area contributed by atoms with Crippen LogP contribution in [0.2, 0.25) is 0 Å². The fraction of sp³-hybridized carbons (Fsp3) is 0.148. The Hall–Kier alpha value is -4.00. The van der Waals surface area contributed by atoms with Gasteiger partial charge in [0.2, 0.25) is 15.9 Å². The van der Waals surface area contributed by atoms with Crippen LogP contribution in [0.3, 0.4) is 0 Å². The molecule has 5 rings (SSSR count). The lowest BCUT2D eigenvalue weighted by Crippen LogP contribution is -2.57. The molecule has 39 heavy (non-hydrogen) atoms. The van der Waals surface area contributed by atoms with Crippen LogP contribution in [0.5, 0.6) is 0 Å². The van der Waals surface area contributed by atoms with Gasteiger partial charge in [0.1, 0.15) is 21.4 Å². The Morgan fingerprint density at radius 3 is 2.44 bits per heavy atom. The number of anilines is 1. The summed E-state index contributed by atoms with van der Waals surface area (Å²) in [5.41, 5.74) is 1.15. The average molecular weight is 570 g/mol. The molecule has 1 aliphatic heterocycles. The number of carbonyl (C=O) groups excluding carboxylic acids is 1. The van der Waals surface area contributed by atoms with E-state index < -0.39 is 46.1 Å². The van der Waals surface area contributed by atoms with Crippen molar-refractivity contribution in [3.8, 4) is 21.7 Å². The molecular weight excluding hydrogens is 548 g/mol. The molecule has 1 aliphatic rings. The first-order chi connectivity index (χ1) is 18.6. The van der Waals surface area contributed by atoms with Crippen LogP contribution in [0.15, 0.2) is 77.8 Å². The number of carboxylic acid groups (broad SMARTS) is 1. The van der Waals surface area contributed by atoms with Gasteiger partial charge in [-0.3, -0.25) is 9.78 Å². The highest BCUT2D eigenvalue weighted by molar-refractivity contribution is 7.89. The predicted molar refractivity (Wildman–Crippen MR) is 142 cm³/mol. The van der Waals surface area contributed by atoms with E-state index in [4.69, 9.17) is 0 Å². The molecule has 2 aromatic carbocycles. The summed E-state index contributed by atoms with van der Waals surface area (Å²) in [6, 6.07) is 15.7. The number of aromatic carboxylic acids is 1. The Balaban J connectivity index is 1.40. The molecule has 1 amide bonds. The Morgan fingerprint density at radius 2 is 1.82 bits per heavy atom. The monoisotopic (exact) mass is 569 g/mol. The third-order valence-electron chi connectivity index (χ3n) is 6.29. The molecule has 0 radical (unpaired) electrons. The summed E-state index contributed by atoms with van der Waals surface area (Å²) in [5.74, 6) is -3.34. The van der Waals surface area contributed by atoms with Crippen molar-refractivity contribution in [2.45, 2.75) is 17.9 Å². The highest BCUT2D eigenvalue weighted by atomic mass is 32.2. The molecule has 0 spiro atoms. The smallest absolute Gasteiger partial charge is 0.348 e. The number of benzene rings is 2. The van der Waals surface area contributed by atoms with Crippen LogP contribution < -0.4 is 4.90 Å². The number of rotatable bonds is 6. The van der Waals surface area contributed by atoms with Crippen LogP contribution in [0.1, 0.15) is 16.6 Å². The van der Waals surface area contributed by atoms with Crippen LogP contribution >= 0.6 is 11.3 Å². The van der Waals surface area contributed by atoms with Crippen molar-refractivity contribution in [2.24, 2.45) is 0 Å². The molecule has 3 heterocycles. The second-order valence-electron chi connectivity index (χ2n) is 8.91. The summed E-state index contributed by atoms with van der Waals surface area (Å²) in [4.78, 5) is 31.1. The molecule has 12 heteroatoms. The van der Waals surface area contributed by atoms with Gasteiger partial charge in [0.25, 0.3) is 0 Å². The Bertz CT molecular complexity index is 1680. The Morgan fingerprint density at radius 1 is 1.08 bits per heavy atom. The molecule has 0 saturated carbocycles. The summed E-state index contributed by atoms with van der Waals surface area (Å²) < 4.78 is 55.0. The minimum Gasteiger partial charge on any atom is -0.477 e. The number of hydrogen-bond donors (Lipinski definition) is 1. The van der Waals surface area contributed by atoms with Crippen molar-refractivity contribution >= 4 is 38.9 Å². The number of halogens is 2. The molecule has 1 N–H and O–H groups in total. The van der Waals surface area contributed by atoms with E-state index in [-0.39, 0.29) is 33.3 Å². The van der Waals surface area contributed by atoms with E-state index in [0.29, 0.717) is 10.9 Å². The standard InChI is InChI=1S/C27H21F2N3O5S2/c1-16-14-31(39(36,37)19-8-10-22(30-13-19)20-9-7-18(28)11-21(20)29)15-25(33)32(16)23-12-24(38-26(23)27(34)35)17-5-3-2-4-6-17/h2-13,16H,14-15H2,1H3,(H,34,35). The topological polar surface area (TPSA) is 108 Å². The molecule has 0 aliphatic carbocycles. The average Bonchev–Trinajstić information content (AvgIpc) is 3.34. The number of pyridine rings is 1. The van der Waals surface area contributed by atoms with E-state index in [9.17, 15) is 31.9 Å². The van der Waals surface area contributed by atoms with Gasteiger partial charge in [-0.1, -0.05) is 30.3 Å². The van der Waals surface area contributed by atoms with Crippen molar-refractivity contribution < 1.29 is 31.9 Å². The zero-order chi connectivity index (χ0) is 27.9. The van der Waals surface area contributed by atoms with Gasteiger partial charge >= 0.3 is 5.97 Å². The molecule has 200 valence electrons. The fourth-order valence-electron chi connectivity index (χ4n) is 4.47. The number of piperazine rings is 1. The fourth-order valence-corrected chi connectivity index (χ4v) is 6.88. The molecule has 4 aromatic rings. The summed E-state index contributed by atoms with van der Waals surface area (Å²) >= 11 is 1.04. The van der Waals surface area contributed by atoms with E-state index in [0.717, 1.165) is 33.5 Å². The number of carboxylic acids is 1. The lowest BCUT2D eigenvalue weighted by atomic mass is 10.1. The van der Waals surface area contributed by atoms with Gasteiger partial charge in [0.05, 0.1) is 17.9 Å². The minimum absolute atomic E-state index is 0.0117. The van der Waals surface area contributed by atoms with Crippen LogP contribution in [-0.4, -0.2) is 53.8 Å². The molecule has 1 unspecified atom stereocenters. The van der Waals surface area contributed by atoms with Crippen LogP contribution in [0.4, 0.5) is 14.5 Å². The van der Waals surface area contributed by atoms with Gasteiger partial charge < -0.3 is 10.0 Å². The van der Waals surface area contributed by atoms with Gasteiger partial charge in [0, 0.05) is 35.3 Å². The van der Waals surface area contributed by atoms with Crippen molar-refractivity contribution in [2.75, 3.05) is 18.0 Å². The van der Waals surface area contributed by atoms with Crippen LogP contribution in [-0.2, 0) is 14.8 Å². The Labute approximate surface area is 226 Å². The third-order valence-corrected chi connectivity index (χ3v) is 9.25. The zero-order valence-electron chi connectivity index (χ0n) is 20.4. The zero-order valence-corrected chi connectivity index (χ0v) is 22.0. The predicted octanol–water partition coefficient (Wildman–Crippen LogP) is 4.88. The molecule has 1 fully saturated rings. The summed E-state index contributed by atoms with van der Waals surface area (Å²) in [6.45, 7) is 1.05. The number of thiophene rings is 1. The van der Waals surface area contributed by atoms with E-state index in [2.05, 4.69) is 4.98 Å². The number of carbonyl (C=O) groups is 2. The first-order valence-corrected chi connectivity index (χ1v) is 14.0. The highest BCUT2D eigenvalue weighted by Gasteiger charge is 2.39. The second kappa shape index (κ2) is 10.3. The van der Waals surface area contributed by atoms with E-state index >= 15 is 0 Å². The van der Waals surface area contributed by atoms with Gasteiger partial charge in [-0.15, -0.1) is 11.3 Å². The largest absolute Gasteiger partial charge is 0.477 e. The van der Waals surface area contributed by atoms with Crippen molar-refractivity contribution in [1.29, 1.82) is 0 Å². The first-order valence-electron chi connectivity index (χ1n) is 11.7. The normalized spacial score (nSPS) is 16.4. The van der Waals surface area contributed by atoms with Gasteiger partial charge in [-0.25, -0.2) is 22.0 Å². The summed E-state index contributed by atoms with van der Waals surface area (Å²) in [5, 5.41) is 9.81. The lowest BCUT2D eigenvalue weighted by molar-refractivity contribution is -0.120. The molecule has 1 saturated heterocycles. The van der Waals surface area contributed by atoms with Crippen LogP contribution in [0, 0.1) is 11.6 Å². The maximum Gasteiger partial charge on any atom is 0.348 e. The number of aromatic nitrogens is 1. The van der Waals surface area contributed by atoms with Crippen molar-refractivity contribution in [3.05, 3.63) is 89.4 Å². The van der Waals surface area contributed by atoms with Gasteiger partial charge in [0.15, 0.2) is 0 Å². The maximum atomic E-state index is 14.1. The first kappa shape index (κ1) is 26.6. The molecule has 2 aromatic heterocycles. The van der Waals surface area contributed by atoms with Crippen molar-refractivity contribution in [1.82, 2.24) is 9.29 Å². The van der Waals surface area contributed by atoms with E-state index in [1.807, 2.05) is 30.3 Å². The van der Waals surface area contributed by atoms with Crippen molar-refractivity contribution in [3.63, 3.8) is 0 Å². The van der Waals surface area contributed by atoms with Gasteiger partial charge in [-0.2, -0.15) is 4.31 Å². The maximum absolute atomic E-state index is 14.1. The molecule has 1 atom stereocenters. The molecule has 0 bridgehead atoms. The van der Waals surface area contributed by atoms with E-state index in [1.54, 1.807) is 13.0 Å². The second-order valence-corrected chi connectivity index (χ2v) is 11.9. The highest BCUT2D eigenvalue weighted by Crippen LogP contribution is 2.39. The SMILES string of the molecule is CC1CN(S(=O)(=O)c2ccc(-c3ccc(F)cc3F)nc2)CC(=O)N1c1cc(-c2ccccc2)sc1C(=O)O. The number of sulfonamides is 1. The van der Waals surface area contributed by atoms with Gasteiger partial charge in [-0.05, 0) is 42.8 Å². The quantitative estimate of drug-likeness (QED) is 0.355. The van der Waals surface area contributed by atoms with E-state index in [1.165, 1.54) is 23.1 Å².